The van der Waals surface area contributed by atoms with E-state index in [1.54, 1.807) is 65.1 Å². The number of urea groups is 1. The maximum Gasteiger partial charge on any atom is 0.330 e. The summed E-state index contributed by atoms with van der Waals surface area (Å²) in [5, 5.41) is 42.8. The van der Waals surface area contributed by atoms with E-state index in [1.807, 2.05) is 5.43 Å². The number of aliphatic imine (C=N–C) groups is 1. The van der Waals surface area contributed by atoms with E-state index in [0.29, 0.717) is 34.1 Å². The molecule has 0 spiro atoms. The Labute approximate surface area is 524 Å². The van der Waals surface area contributed by atoms with Gasteiger partial charge in [0, 0.05) is 67.8 Å². The molecule has 0 saturated carbocycles. The van der Waals surface area contributed by atoms with E-state index >= 15 is 0 Å². The molecule has 32 nitrogen and oxygen atoms in total. The van der Waals surface area contributed by atoms with E-state index < -0.39 is 132 Å². The van der Waals surface area contributed by atoms with Crippen molar-refractivity contribution < 1.29 is 67.7 Å². The fourth-order valence-corrected chi connectivity index (χ4v) is 10.2. The molecule has 0 radical (unpaired) electrons. The zero-order valence-corrected chi connectivity index (χ0v) is 51.4. The quantitative estimate of drug-likeness (QED) is 0.0103. The third kappa shape index (κ3) is 21.7. The van der Waals surface area contributed by atoms with Crippen LogP contribution in [0.5, 0.6) is 5.75 Å². The van der Waals surface area contributed by atoms with Gasteiger partial charge in [-0.1, -0.05) is 44.2 Å². The first-order valence-electron chi connectivity index (χ1n) is 29.9. The van der Waals surface area contributed by atoms with Gasteiger partial charge < -0.3 is 89.6 Å². The molecule has 9 atom stereocenters. The van der Waals surface area contributed by atoms with E-state index in [9.17, 15) is 63.0 Å². The molecule has 1 unspecified atom stereocenters. The maximum absolute atomic E-state index is 14.8. The molecule has 2 aromatic carbocycles. The predicted molar refractivity (Wildman–Crippen MR) is 329 cm³/mol. The Bertz CT molecular complexity index is 3240. The number of nitrogens with zero attached hydrogens (tertiary/aromatic N) is 3. The number of aromatic nitrogens is 3. The number of fused-ring (bicyclic) bond motifs is 1. The van der Waals surface area contributed by atoms with Gasteiger partial charge in [0.25, 0.3) is 5.91 Å². The fourth-order valence-electron chi connectivity index (χ4n) is 10.2. The highest BCUT2D eigenvalue weighted by atomic mass is 16.5. The van der Waals surface area contributed by atoms with Gasteiger partial charge in [0.05, 0.1) is 25.1 Å². The summed E-state index contributed by atoms with van der Waals surface area (Å²) in [6.07, 6.45) is 4.91. The van der Waals surface area contributed by atoms with Crippen LogP contribution < -0.4 is 70.6 Å². The van der Waals surface area contributed by atoms with Crippen LogP contribution in [-0.4, -0.2) is 187 Å². The number of likely N-dealkylation sites (tertiary alicyclic amines) is 1. The Morgan fingerprint density at radius 2 is 1.33 bits per heavy atom. The molecule has 12 amide bonds. The number of aromatic amines is 2. The standard InChI is InChI=1S/C59H84N18O14/c1-31(2)22-40(49(82)68-39(12-8-20-64-57(60)61)56(89)77-21-9-13-46(77)55(88)75-76-58(62)90)69-54(87)45(29-91-59(3,4)5)74-50(83)41(23-32-14-16-35(79)17-15-32)70-53(86)44(28-78)73-51(84)42(24-33-26-65-37-11-7-6-10-36(33)37)71-52(85)43(25-34-27-63-30-66-34)72-48(81)38-18-19-47(80)67-38/h6-7,10-11,14-17,26-27,30-31,38-46,65,78-79H,8-9,12-13,18-25,28-29H2,1-5H3,(H,63,66)(H,67,80)(H,68,82)(H,69,87)(H,70,86)(H,71,85)(H,72,81)(H,73,84)(H,74,83)(H,75,88)(H4,60,61,64)(H3,62,76,90)/t38?,39-,40-,41-,42-,43-,44-,45-,46-/m0/s1. The van der Waals surface area contributed by atoms with Crippen LogP contribution in [0, 0.1) is 5.92 Å². The van der Waals surface area contributed by atoms with Crippen LogP contribution in [-0.2, 0) is 71.9 Å². The second-order valence-corrected chi connectivity index (χ2v) is 23.7. The van der Waals surface area contributed by atoms with Crippen molar-refractivity contribution in [3.8, 4) is 5.75 Å². The Hall–Kier alpha value is -9.85. The number of carbonyl (C=O) groups is 11. The molecule has 2 aliphatic rings. The van der Waals surface area contributed by atoms with E-state index in [4.69, 9.17) is 21.9 Å². The smallest absolute Gasteiger partial charge is 0.330 e. The van der Waals surface area contributed by atoms with Gasteiger partial charge in [0.2, 0.25) is 53.2 Å². The summed E-state index contributed by atoms with van der Waals surface area (Å²) in [6.45, 7) is 7.28. The average Bonchev–Trinajstić information content (AvgIpc) is 1.85. The Kier molecular flexibility index (Phi) is 25.6. The van der Waals surface area contributed by atoms with Crippen LogP contribution in [0.2, 0.25) is 0 Å². The van der Waals surface area contributed by atoms with Gasteiger partial charge in [0.15, 0.2) is 5.96 Å². The Balaban J connectivity index is 1.24. The zero-order chi connectivity index (χ0) is 66.5. The lowest BCUT2D eigenvalue weighted by molar-refractivity contribution is -0.142. The predicted octanol–water partition coefficient (Wildman–Crippen LogP) is -3.11. The number of aromatic hydroxyl groups is 1. The monoisotopic (exact) mass is 1270 g/mol. The lowest BCUT2D eigenvalue weighted by Crippen LogP contribution is -2.62. The minimum absolute atomic E-state index is 0.00453. The number of amides is 12. The van der Waals surface area contributed by atoms with Gasteiger partial charge in [-0.25, -0.2) is 15.2 Å². The summed E-state index contributed by atoms with van der Waals surface area (Å²) >= 11 is 0. The number of guanidine groups is 1. The first-order valence-corrected chi connectivity index (χ1v) is 29.9. The molecule has 2 fully saturated rings. The topological polar surface area (TPSA) is 496 Å². The summed E-state index contributed by atoms with van der Waals surface area (Å²) in [5.41, 5.74) is 21.6. The number of primary amides is 1. The van der Waals surface area contributed by atoms with Crippen molar-refractivity contribution in [1.82, 2.24) is 73.2 Å². The van der Waals surface area contributed by atoms with E-state index in [1.165, 1.54) is 41.7 Å². The summed E-state index contributed by atoms with van der Waals surface area (Å²) in [5.74, 6) is -8.58. The molecule has 4 heterocycles. The lowest BCUT2D eigenvalue weighted by atomic mass is 10.0. The highest BCUT2D eigenvalue weighted by Crippen LogP contribution is 2.22. The second-order valence-electron chi connectivity index (χ2n) is 23.7. The molecule has 0 aliphatic carbocycles. The number of ether oxygens (including phenoxy) is 1. The number of aliphatic hydroxyl groups is 1. The number of H-pyrrole nitrogens is 2. The molecule has 4 aromatic rings. The molecule has 0 bridgehead atoms. The number of benzene rings is 2. The number of rotatable bonds is 31. The average molecular weight is 1270 g/mol. The summed E-state index contributed by atoms with van der Waals surface area (Å²) in [6, 6.07) is -0.716. The van der Waals surface area contributed by atoms with Crippen molar-refractivity contribution >= 4 is 82.0 Å². The number of hydrogen-bond donors (Lipinski definition) is 17. The van der Waals surface area contributed by atoms with Crippen LogP contribution in [0.1, 0.15) is 96.4 Å². The Morgan fingerprint density at radius 1 is 0.725 bits per heavy atom. The van der Waals surface area contributed by atoms with Crippen molar-refractivity contribution in [1.29, 1.82) is 0 Å². The molecule has 6 rings (SSSR count). The van der Waals surface area contributed by atoms with Crippen molar-refractivity contribution in [2.45, 2.75) is 159 Å². The van der Waals surface area contributed by atoms with Gasteiger partial charge in [-0.2, -0.15) is 0 Å². The maximum atomic E-state index is 14.8. The molecule has 2 saturated heterocycles. The fraction of sp³-hybridized carbons (Fsp3) is 0.508. The third-order valence-corrected chi connectivity index (χ3v) is 14.8. The summed E-state index contributed by atoms with van der Waals surface area (Å²) < 4.78 is 6.03. The van der Waals surface area contributed by atoms with Crippen LogP contribution in [0.4, 0.5) is 4.79 Å². The van der Waals surface area contributed by atoms with Crippen LogP contribution in [0.3, 0.4) is 0 Å². The molecular formula is C59H84N18O14. The normalized spacial score (nSPS) is 17.0. The van der Waals surface area contributed by atoms with E-state index in [-0.39, 0.29) is 94.4 Å². The van der Waals surface area contributed by atoms with Crippen LogP contribution in [0.15, 0.2) is 72.2 Å². The van der Waals surface area contributed by atoms with Gasteiger partial charge in [0.1, 0.15) is 60.1 Å². The van der Waals surface area contributed by atoms with Crippen molar-refractivity contribution in [2.75, 3.05) is 26.3 Å². The highest BCUT2D eigenvalue weighted by molar-refractivity contribution is 5.99. The van der Waals surface area contributed by atoms with Crippen LogP contribution in [0.25, 0.3) is 10.9 Å². The molecule has 494 valence electrons. The number of nitrogens with one attached hydrogen (secondary N) is 12. The zero-order valence-electron chi connectivity index (χ0n) is 51.4. The third-order valence-electron chi connectivity index (χ3n) is 14.8. The van der Waals surface area contributed by atoms with Crippen molar-refractivity contribution in [2.24, 2.45) is 28.1 Å². The van der Waals surface area contributed by atoms with Gasteiger partial charge in [-0.15, -0.1) is 0 Å². The number of carbonyl (C=O) groups excluding carboxylic acids is 11. The summed E-state index contributed by atoms with van der Waals surface area (Å²) in [7, 11) is 0. The molecule has 91 heavy (non-hydrogen) atoms. The molecule has 2 aliphatic heterocycles. The highest BCUT2D eigenvalue weighted by Gasteiger charge is 2.40. The lowest BCUT2D eigenvalue weighted by Gasteiger charge is -2.31. The number of para-hydroxylation sites is 1. The van der Waals surface area contributed by atoms with Gasteiger partial charge >= 0.3 is 6.03 Å². The number of phenols is 1. The molecule has 32 heteroatoms. The number of nitrogens with two attached hydrogens (primary N) is 3. The molecular weight excluding hydrogens is 1180 g/mol. The van der Waals surface area contributed by atoms with E-state index in [2.05, 4.69) is 67.9 Å². The number of phenolic OH excluding ortho intramolecular Hbond substituents is 1. The number of aliphatic hydroxyl groups excluding tert-OH is 1. The molecule has 2 aromatic heterocycles. The molecule has 20 N–H and O–H groups in total. The van der Waals surface area contributed by atoms with Gasteiger partial charge in [-0.05, 0) is 94.5 Å². The van der Waals surface area contributed by atoms with Crippen molar-refractivity contribution in [3.63, 3.8) is 0 Å². The SMILES string of the molecule is CC(C)C[C@H](NC(=O)[C@H](COC(C)(C)C)NC(=O)[C@H](Cc1ccc(O)cc1)NC(=O)[C@H](CO)NC(=O)[C@H](Cc1c[nH]c2ccccc12)NC(=O)[C@H](Cc1cnc[nH]1)NC(=O)C1CCC(=O)N1)C(=O)N[C@@H](CCCN=C(N)N)C(=O)N1CCC[C@H]1C(=O)NNC(N)=O. The first kappa shape index (κ1) is 70.2. The largest absolute Gasteiger partial charge is 0.508 e. The number of hydrogen-bond acceptors (Lipinski definition) is 16. The van der Waals surface area contributed by atoms with Crippen LogP contribution >= 0.6 is 0 Å². The van der Waals surface area contributed by atoms with Crippen molar-refractivity contribution in [3.05, 3.63) is 84.1 Å². The number of hydrazine groups is 1. The van der Waals surface area contributed by atoms with E-state index in [0.717, 1.165) is 0 Å². The Morgan fingerprint density at radius 3 is 1.95 bits per heavy atom. The van der Waals surface area contributed by atoms with Gasteiger partial charge in [-0.3, -0.25) is 58.4 Å². The minimum atomic E-state index is -1.80. The second kappa shape index (κ2) is 33.1. The summed E-state index contributed by atoms with van der Waals surface area (Å²) in [4.78, 5) is 167. The number of imidazole rings is 1. The minimum Gasteiger partial charge on any atom is -0.508 e. The first-order chi connectivity index (χ1) is 43.2.